The predicted molar refractivity (Wildman–Crippen MR) is 128 cm³/mol. The second-order valence-corrected chi connectivity index (χ2v) is 8.93. The summed E-state index contributed by atoms with van der Waals surface area (Å²) >= 11 is 0. The zero-order valence-corrected chi connectivity index (χ0v) is 19.0. The molecule has 3 aromatic carbocycles. The highest BCUT2D eigenvalue weighted by atomic mass is 16.6. The van der Waals surface area contributed by atoms with Crippen molar-refractivity contribution in [3.05, 3.63) is 96.1 Å². The minimum atomic E-state index is -0.191. The molecule has 170 valence electrons. The molecule has 2 saturated heterocycles. The van der Waals surface area contributed by atoms with Gasteiger partial charge in [0.05, 0.1) is 6.04 Å². The van der Waals surface area contributed by atoms with Crippen LogP contribution in [0.2, 0.25) is 0 Å². The number of para-hydroxylation sites is 1. The van der Waals surface area contributed by atoms with Crippen LogP contribution in [0.25, 0.3) is 0 Å². The van der Waals surface area contributed by atoms with E-state index in [-0.39, 0.29) is 24.3 Å². The Hall–Kier alpha value is -3.31. The average molecular weight is 443 g/mol. The molecule has 33 heavy (non-hydrogen) atoms. The smallest absolute Gasteiger partial charge is 0.411 e. The van der Waals surface area contributed by atoms with E-state index in [2.05, 4.69) is 24.0 Å². The summed E-state index contributed by atoms with van der Waals surface area (Å²) in [6.45, 7) is 4.90. The van der Waals surface area contributed by atoms with Gasteiger partial charge < -0.3 is 9.47 Å². The average Bonchev–Trinajstić information content (AvgIpc) is 3.15. The molecule has 3 aromatic rings. The lowest BCUT2D eigenvalue weighted by Gasteiger charge is -2.37. The molecule has 0 N–H and O–H groups in total. The normalized spacial score (nSPS) is 21.7. The van der Waals surface area contributed by atoms with Gasteiger partial charge in [0.1, 0.15) is 17.6 Å². The fourth-order valence-electron chi connectivity index (χ4n) is 5.00. The minimum Gasteiger partial charge on any atom is -0.457 e. The van der Waals surface area contributed by atoms with E-state index in [1.807, 2.05) is 77.7 Å². The van der Waals surface area contributed by atoms with Crippen molar-refractivity contribution >= 4 is 6.09 Å². The molecule has 0 bridgehead atoms. The number of hydrogen-bond acceptors (Lipinski definition) is 4. The molecule has 5 nitrogen and oxygen atoms in total. The predicted octanol–water partition coefficient (Wildman–Crippen LogP) is 6.03. The first-order valence-electron chi connectivity index (χ1n) is 11.8. The maximum absolute atomic E-state index is 12.7. The zero-order chi connectivity index (χ0) is 22.6. The quantitative estimate of drug-likeness (QED) is 0.468. The molecule has 0 aliphatic carbocycles. The van der Waals surface area contributed by atoms with Gasteiger partial charge in [-0.25, -0.2) is 4.79 Å². The van der Waals surface area contributed by atoms with Crippen LogP contribution in [0.4, 0.5) is 4.79 Å². The van der Waals surface area contributed by atoms with Gasteiger partial charge in [-0.15, -0.1) is 0 Å². The van der Waals surface area contributed by atoms with Crippen LogP contribution in [0.3, 0.4) is 0 Å². The molecule has 0 aromatic heterocycles. The largest absolute Gasteiger partial charge is 0.457 e. The third-order valence-corrected chi connectivity index (χ3v) is 6.68. The highest BCUT2D eigenvalue weighted by Gasteiger charge is 2.43. The molecule has 2 aliphatic rings. The van der Waals surface area contributed by atoms with E-state index in [1.165, 1.54) is 5.56 Å². The van der Waals surface area contributed by atoms with Crippen molar-refractivity contribution in [3.8, 4) is 11.5 Å². The monoisotopic (exact) mass is 442 g/mol. The first kappa shape index (κ1) is 21.5. The van der Waals surface area contributed by atoms with Crippen LogP contribution in [-0.2, 0) is 11.3 Å². The van der Waals surface area contributed by atoms with Crippen LogP contribution < -0.4 is 4.74 Å². The number of carbonyl (C=O) groups excluding carboxylic acids is 1. The van der Waals surface area contributed by atoms with Crippen LogP contribution in [0.1, 0.15) is 37.0 Å². The Morgan fingerprint density at radius 1 is 0.879 bits per heavy atom. The molecule has 5 heteroatoms. The van der Waals surface area contributed by atoms with Crippen molar-refractivity contribution in [1.29, 1.82) is 0 Å². The standard InChI is InChI=1S/C28H30N2O3/c1-21-27(23-10-4-2-5-11-23)33-28(31)30(21)24-15-17-29(18-16-24)20-22-9-8-14-26(19-22)32-25-12-6-3-7-13-25/h2-14,19,21,24,27H,15-18,20H2,1H3/t21-,27-/m0/s1. The summed E-state index contributed by atoms with van der Waals surface area (Å²) in [5.74, 6) is 1.70. The number of nitrogens with zero attached hydrogens (tertiary/aromatic N) is 2. The summed E-state index contributed by atoms with van der Waals surface area (Å²) in [4.78, 5) is 17.1. The number of amides is 1. The molecule has 1 amide bonds. The van der Waals surface area contributed by atoms with E-state index in [0.717, 1.165) is 49.5 Å². The summed E-state index contributed by atoms with van der Waals surface area (Å²) in [6.07, 6.45) is 1.55. The Morgan fingerprint density at radius 2 is 1.55 bits per heavy atom. The molecule has 0 saturated carbocycles. The van der Waals surface area contributed by atoms with Gasteiger partial charge >= 0.3 is 6.09 Å². The van der Waals surface area contributed by atoms with Gasteiger partial charge in [0.2, 0.25) is 0 Å². The number of hydrogen-bond donors (Lipinski definition) is 0. The van der Waals surface area contributed by atoms with Crippen molar-refractivity contribution in [2.75, 3.05) is 13.1 Å². The van der Waals surface area contributed by atoms with Gasteiger partial charge in [-0.2, -0.15) is 0 Å². The number of rotatable bonds is 6. The maximum atomic E-state index is 12.7. The molecular formula is C28H30N2O3. The van der Waals surface area contributed by atoms with Crippen LogP contribution >= 0.6 is 0 Å². The first-order valence-corrected chi connectivity index (χ1v) is 11.8. The van der Waals surface area contributed by atoms with Crippen molar-refractivity contribution < 1.29 is 14.3 Å². The van der Waals surface area contributed by atoms with Crippen LogP contribution in [0.15, 0.2) is 84.9 Å². The summed E-state index contributed by atoms with van der Waals surface area (Å²) in [6, 6.07) is 28.5. The highest BCUT2D eigenvalue weighted by Crippen LogP contribution is 2.36. The maximum Gasteiger partial charge on any atom is 0.411 e. The van der Waals surface area contributed by atoms with E-state index in [1.54, 1.807) is 0 Å². The van der Waals surface area contributed by atoms with Crippen molar-refractivity contribution in [1.82, 2.24) is 9.80 Å². The van der Waals surface area contributed by atoms with Gasteiger partial charge in [0.15, 0.2) is 0 Å². The van der Waals surface area contributed by atoms with E-state index in [4.69, 9.17) is 9.47 Å². The number of likely N-dealkylation sites (tertiary alicyclic amines) is 1. The zero-order valence-electron chi connectivity index (χ0n) is 19.0. The number of carbonyl (C=O) groups is 1. The SMILES string of the molecule is C[C@H]1[C@@H](c2ccccc2)OC(=O)N1C1CCN(Cc2cccc(Oc3ccccc3)c2)CC1. The second kappa shape index (κ2) is 9.67. The van der Waals surface area contributed by atoms with Gasteiger partial charge in [0.25, 0.3) is 0 Å². The summed E-state index contributed by atoms with van der Waals surface area (Å²) in [7, 11) is 0. The number of ether oxygens (including phenoxy) is 2. The number of cyclic esters (lactones) is 1. The second-order valence-electron chi connectivity index (χ2n) is 8.93. The van der Waals surface area contributed by atoms with Crippen molar-refractivity contribution in [2.24, 2.45) is 0 Å². The Labute approximate surface area is 195 Å². The van der Waals surface area contributed by atoms with E-state index >= 15 is 0 Å². The fourth-order valence-corrected chi connectivity index (χ4v) is 5.00. The van der Waals surface area contributed by atoms with Crippen molar-refractivity contribution in [2.45, 2.75) is 44.5 Å². The molecular weight excluding hydrogens is 412 g/mol. The fraction of sp³-hybridized carbons (Fsp3) is 0.321. The van der Waals surface area contributed by atoms with Gasteiger partial charge in [0, 0.05) is 25.7 Å². The lowest BCUT2D eigenvalue weighted by molar-refractivity contribution is 0.106. The van der Waals surface area contributed by atoms with E-state index < -0.39 is 0 Å². The van der Waals surface area contributed by atoms with Crippen LogP contribution in [0, 0.1) is 0 Å². The van der Waals surface area contributed by atoms with Gasteiger partial charge in [-0.3, -0.25) is 9.80 Å². The summed E-state index contributed by atoms with van der Waals surface area (Å²) in [5.41, 5.74) is 2.30. The third kappa shape index (κ3) is 4.88. The summed E-state index contributed by atoms with van der Waals surface area (Å²) < 4.78 is 11.8. The molecule has 0 spiro atoms. The lowest BCUT2D eigenvalue weighted by Crippen LogP contribution is -2.47. The molecule has 2 aliphatic heterocycles. The number of piperidine rings is 1. The molecule has 2 fully saturated rings. The molecule has 0 radical (unpaired) electrons. The molecule has 2 atom stereocenters. The number of benzene rings is 3. The topological polar surface area (TPSA) is 42.0 Å². The summed E-state index contributed by atoms with van der Waals surface area (Å²) in [5, 5.41) is 0. The van der Waals surface area contributed by atoms with Crippen LogP contribution in [0.5, 0.6) is 11.5 Å². The van der Waals surface area contributed by atoms with Crippen LogP contribution in [-0.4, -0.2) is 41.1 Å². The lowest BCUT2D eigenvalue weighted by atomic mass is 9.98. The van der Waals surface area contributed by atoms with Gasteiger partial charge in [-0.05, 0) is 55.2 Å². The Bertz CT molecular complexity index is 1060. The Balaban J connectivity index is 1.17. The molecule has 2 heterocycles. The van der Waals surface area contributed by atoms with Gasteiger partial charge in [-0.1, -0.05) is 60.7 Å². The highest BCUT2D eigenvalue weighted by molar-refractivity contribution is 5.71. The third-order valence-electron chi connectivity index (χ3n) is 6.68. The van der Waals surface area contributed by atoms with Crippen molar-refractivity contribution in [3.63, 3.8) is 0 Å². The van der Waals surface area contributed by atoms with E-state index in [9.17, 15) is 4.79 Å². The molecule has 5 rings (SSSR count). The van der Waals surface area contributed by atoms with E-state index in [0.29, 0.717) is 0 Å². The Morgan fingerprint density at radius 3 is 2.27 bits per heavy atom. The minimum absolute atomic E-state index is 0.0447. The Kier molecular flexibility index (Phi) is 6.31. The molecule has 0 unspecified atom stereocenters. The first-order chi connectivity index (χ1) is 16.2.